The Morgan fingerprint density at radius 1 is 1.36 bits per heavy atom. The zero-order valence-electron chi connectivity index (χ0n) is 7.42. The van der Waals surface area contributed by atoms with Gasteiger partial charge in [0.15, 0.2) is 0 Å². The fourth-order valence-corrected chi connectivity index (χ4v) is 1.60. The van der Waals surface area contributed by atoms with Gasteiger partial charge in [0.2, 0.25) is 5.91 Å². The van der Waals surface area contributed by atoms with Crippen molar-refractivity contribution in [2.24, 2.45) is 0 Å². The molecular formula is C8H16N2O. The van der Waals surface area contributed by atoms with Crippen LogP contribution < -0.4 is 5.43 Å². The molecule has 3 nitrogen and oxygen atoms in total. The SMILES string of the molecule is CC(=O)NN1[C@H](C)CC[C@@H]1C. The topological polar surface area (TPSA) is 32.3 Å². The van der Waals surface area contributed by atoms with Crippen molar-refractivity contribution in [2.75, 3.05) is 0 Å². The summed E-state index contributed by atoms with van der Waals surface area (Å²) in [5.41, 5.74) is 2.84. The molecule has 1 N–H and O–H groups in total. The minimum Gasteiger partial charge on any atom is -0.289 e. The Labute approximate surface area is 67.7 Å². The third kappa shape index (κ3) is 1.93. The Bertz CT molecular complexity index is 148. The van der Waals surface area contributed by atoms with Crippen molar-refractivity contribution in [2.45, 2.75) is 45.7 Å². The van der Waals surface area contributed by atoms with Gasteiger partial charge in [-0.2, -0.15) is 0 Å². The summed E-state index contributed by atoms with van der Waals surface area (Å²) >= 11 is 0. The van der Waals surface area contributed by atoms with Crippen LogP contribution in [0.4, 0.5) is 0 Å². The van der Waals surface area contributed by atoms with E-state index in [1.54, 1.807) is 6.92 Å². The van der Waals surface area contributed by atoms with Gasteiger partial charge in [0.1, 0.15) is 0 Å². The molecule has 1 fully saturated rings. The molecule has 3 heteroatoms. The van der Waals surface area contributed by atoms with Gasteiger partial charge in [-0.25, -0.2) is 5.01 Å². The Morgan fingerprint density at radius 2 is 1.82 bits per heavy atom. The summed E-state index contributed by atoms with van der Waals surface area (Å²) in [5, 5.41) is 2.04. The predicted octanol–water partition coefficient (Wildman–Crippen LogP) is 0.910. The van der Waals surface area contributed by atoms with E-state index in [0.29, 0.717) is 12.1 Å². The zero-order valence-corrected chi connectivity index (χ0v) is 7.42. The average molecular weight is 156 g/mol. The van der Waals surface area contributed by atoms with Crippen LogP contribution in [0.1, 0.15) is 33.6 Å². The lowest BCUT2D eigenvalue weighted by atomic mass is 10.2. The minimum atomic E-state index is 0.0330. The van der Waals surface area contributed by atoms with Gasteiger partial charge in [0.05, 0.1) is 0 Å². The summed E-state index contributed by atoms with van der Waals surface area (Å²) < 4.78 is 0. The molecule has 0 saturated carbocycles. The summed E-state index contributed by atoms with van der Waals surface area (Å²) in [7, 11) is 0. The lowest BCUT2D eigenvalue weighted by molar-refractivity contribution is -0.124. The van der Waals surface area contributed by atoms with E-state index in [0.717, 1.165) is 0 Å². The zero-order chi connectivity index (χ0) is 8.43. The number of hydrogen-bond donors (Lipinski definition) is 1. The van der Waals surface area contributed by atoms with E-state index in [9.17, 15) is 4.79 Å². The number of nitrogens with zero attached hydrogens (tertiary/aromatic N) is 1. The second kappa shape index (κ2) is 3.22. The van der Waals surface area contributed by atoms with Crippen LogP contribution in [0.5, 0.6) is 0 Å². The van der Waals surface area contributed by atoms with Gasteiger partial charge in [-0.3, -0.25) is 10.2 Å². The first kappa shape index (κ1) is 8.53. The van der Waals surface area contributed by atoms with Crippen LogP contribution >= 0.6 is 0 Å². The number of carbonyl (C=O) groups excluding carboxylic acids is 1. The highest BCUT2D eigenvalue weighted by Crippen LogP contribution is 2.20. The highest BCUT2D eigenvalue weighted by Gasteiger charge is 2.27. The first-order valence-corrected chi connectivity index (χ1v) is 4.17. The predicted molar refractivity (Wildman–Crippen MR) is 43.8 cm³/mol. The van der Waals surface area contributed by atoms with Crippen LogP contribution in [-0.2, 0) is 4.79 Å². The van der Waals surface area contributed by atoms with Crippen molar-refractivity contribution in [1.82, 2.24) is 10.4 Å². The van der Waals surface area contributed by atoms with E-state index in [4.69, 9.17) is 0 Å². The lowest BCUT2D eigenvalue weighted by Crippen LogP contribution is -2.46. The van der Waals surface area contributed by atoms with Gasteiger partial charge < -0.3 is 0 Å². The molecule has 0 unspecified atom stereocenters. The Morgan fingerprint density at radius 3 is 2.18 bits per heavy atom. The molecule has 0 radical (unpaired) electrons. The van der Waals surface area contributed by atoms with Crippen LogP contribution in [0.3, 0.4) is 0 Å². The fourth-order valence-electron chi connectivity index (χ4n) is 1.60. The molecule has 1 amide bonds. The molecule has 1 saturated heterocycles. The van der Waals surface area contributed by atoms with Crippen LogP contribution in [0.2, 0.25) is 0 Å². The lowest BCUT2D eigenvalue weighted by Gasteiger charge is -2.25. The van der Waals surface area contributed by atoms with Gasteiger partial charge in [-0.05, 0) is 26.7 Å². The molecular weight excluding hydrogens is 140 g/mol. The van der Waals surface area contributed by atoms with Crippen molar-refractivity contribution < 1.29 is 4.79 Å². The molecule has 1 aliphatic rings. The summed E-state index contributed by atoms with van der Waals surface area (Å²) in [6.07, 6.45) is 2.36. The van der Waals surface area contributed by atoms with Gasteiger partial charge in [-0.1, -0.05) is 0 Å². The summed E-state index contributed by atoms with van der Waals surface area (Å²) in [4.78, 5) is 10.7. The second-order valence-corrected chi connectivity index (χ2v) is 3.35. The van der Waals surface area contributed by atoms with Crippen molar-refractivity contribution >= 4 is 5.91 Å². The highest BCUT2D eigenvalue weighted by molar-refractivity contribution is 5.72. The largest absolute Gasteiger partial charge is 0.289 e. The molecule has 0 aliphatic carbocycles. The molecule has 1 aliphatic heterocycles. The molecule has 0 aromatic rings. The fraction of sp³-hybridized carbons (Fsp3) is 0.875. The number of carbonyl (C=O) groups is 1. The molecule has 0 spiro atoms. The summed E-state index contributed by atoms with van der Waals surface area (Å²) in [5.74, 6) is 0.0330. The number of hydrogen-bond acceptors (Lipinski definition) is 2. The molecule has 1 heterocycles. The van der Waals surface area contributed by atoms with Gasteiger partial charge in [-0.15, -0.1) is 0 Å². The van der Waals surface area contributed by atoms with Crippen LogP contribution in [-0.4, -0.2) is 23.0 Å². The number of hydrazine groups is 1. The normalized spacial score (nSPS) is 32.3. The van der Waals surface area contributed by atoms with E-state index in [1.807, 2.05) is 5.01 Å². The maximum atomic E-state index is 10.7. The Kier molecular flexibility index (Phi) is 2.49. The standard InChI is InChI=1S/C8H16N2O/c1-6-4-5-7(2)10(6)9-8(3)11/h6-7H,4-5H2,1-3H3,(H,9,11)/t6-,7+. The maximum absolute atomic E-state index is 10.7. The highest BCUT2D eigenvalue weighted by atomic mass is 16.2. The van der Waals surface area contributed by atoms with Crippen molar-refractivity contribution in [3.8, 4) is 0 Å². The molecule has 0 aromatic heterocycles. The van der Waals surface area contributed by atoms with Gasteiger partial charge in [0, 0.05) is 19.0 Å². The quantitative estimate of drug-likeness (QED) is 0.612. The van der Waals surface area contributed by atoms with Crippen molar-refractivity contribution in [3.05, 3.63) is 0 Å². The first-order valence-electron chi connectivity index (χ1n) is 4.17. The number of nitrogens with one attached hydrogen (secondary N) is 1. The van der Waals surface area contributed by atoms with E-state index < -0.39 is 0 Å². The van der Waals surface area contributed by atoms with Crippen molar-refractivity contribution in [1.29, 1.82) is 0 Å². The monoisotopic (exact) mass is 156 g/mol. The molecule has 64 valence electrons. The third-order valence-corrected chi connectivity index (χ3v) is 2.24. The Balaban J connectivity index is 2.47. The van der Waals surface area contributed by atoms with Gasteiger partial charge in [0.25, 0.3) is 0 Å². The van der Waals surface area contributed by atoms with E-state index in [-0.39, 0.29) is 5.91 Å². The molecule has 11 heavy (non-hydrogen) atoms. The Hall–Kier alpha value is -0.570. The number of amides is 1. The van der Waals surface area contributed by atoms with E-state index >= 15 is 0 Å². The summed E-state index contributed by atoms with van der Waals surface area (Å²) in [6.45, 7) is 5.83. The third-order valence-electron chi connectivity index (χ3n) is 2.24. The van der Waals surface area contributed by atoms with E-state index in [2.05, 4.69) is 19.3 Å². The first-order chi connectivity index (χ1) is 5.11. The molecule has 2 atom stereocenters. The molecule has 1 rings (SSSR count). The van der Waals surface area contributed by atoms with Crippen LogP contribution in [0.15, 0.2) is 0 Å². The van der Waals surface area contributed by atoms with Gasteiger partial charge >= 0.3 is 0 Å². The average Bonchev–Trinajstić information content (AvgIpc) is 2.18. The summed E-state index contributed by atoms with van der Waals surface area (Å²) in [6, 6.07) is 0.989. The van der Waals surface area contributed by atoms with Crippen molar-refractivity contribution in [3.63, 3.8) is 0 Å². The second-order valence-electron chi connectivity index (χ2n) is 3.35. The van der Waals surface area contributed by atoms with Crippen LogP contribution in [0, 0.1) is 0 Å². The smallest absolute Gasteiger partial charge is 0.231 e. The molecule has 0 bridgehead atoms. The van der Waals surface area contributed by atoms with E-state index in [1.165, 1.54) is 12.8 Å². The maximum Gasteiger partial charge on any atom is 0.231 e. The number of rotatable bonds is 1. The molecule has 0 aromatic carbocycles. The van der Waals surface area contributed by atoms with Crippen LogP contribution in [0.25, 0.3) is 0 Å². The minimum absolute atomic E-state index is 0.0330.